The number of hydrogen-bond acceptors (Lipinski definition) is 3. The molecule has 1 saturated carbocycles. The first kappa shape index (κ1) is 12.3. The van der Waals surface area contributed by atoms with Crippen LogP contribution in [0.25, 0.3) is 0 Å². The predicted octanol–water partition coefficient (Wildman–Crippen LogP) is 1.63. The van der Waals surface area contributed by atoms with Crippen molar-refractivity contribution in [3.8, 4) is 0 Å². The maximum Gasteiger partial charge on any atom is 0.0615 e. The molecule has 0 amide bonds. The lowest BCUT2D eigenvalue weighted by Crippen LogP contribution is -2.63. The van der Waals surface area contributed by atoms with Gasteiger partial charge in [-0.3, -0.25) is 4.90 Å². The van der Waals surface area contributed by atoms with E-state index in [0.717, 1.165) is 13.2 Å². The highest BCUT2D eigenvalue weighted by Crippen LogP contribution is 2.31. The third kappa shape index (κ3) is 2.76. The molecule has 0 aromatic heterocycles. The van der Waals surface area contributed by atoms with Crippen LogP contribution < -0.4 is 5.32 Å². The Labute approximate surface area is 99.5 Å². The fourth-order valence-corrected chi connectivity index (χ4v) is 3.27. The summed E-state index contributed by atoms with van der Waals surface area (Å²) in [5.74, 6) is 0. The summed E-state index contributed by atoms with van der Waals surface area (Å²) >= 11 is 0. The molecule has 1 heterocycles. The minimum Gasteiger partial charge on any atom is -0.383 e. The lowest BCUT2D eigenvalue weighted by Gasteiger charge is -2.47. The van der Waals surface area contributed by atoms with Gasteiger partial charge < -0.3 is 10.1 Å². The second kappa shape index (κ2) is 5.48. The molecule has 0 radical (unpaired) electrons. The highest BCUT2D eigenvalue weighted by molar-refractivity contribution is 4.97. The van der Waals surface area contributed by atoms with E-state index in [2.05, 4.69) is 17.1 Å². The maximum absolute atomic E-state index is 5.27. The molecule has 1 unspecified atom stereocenters. The van der Waals surface area contributed by atoms with E-state index in [1.165, 1.54) is 45.2 Å². The van der Waals surface area contributed by atoms with Crippen molar-refractivity contribution in [2.24, 2.45) is 0 Å². The number of ether oxygens (including phenoxy) is 1. The van der Waals surface area contributed by atoms with Crippen molar-refractivity contribution >= 4 is 0 Å². The quantitative estimate of drug-likeness (QED) is 0.791. The Balaban J connectivity index is 1.92. The van der Waals surface area contributed by atoms with E-state index >= 15 is 0 Å². The topological polar surface area (TPSA) is 24.5 Å². The molecule has 16 heavy (non-hydrogen) atoms. The van der Waals surface area contributed by atoms with Crippen molar-refractivity contribution in [3.63, 3.8) is 0 Å². The molecule has 1 N–H and O–H groups in total. The molecule has 0 aromatic carbocycles. The van der Waals surface area contributed by atoms with Crippen LogP contribution in [0, 0.1) is 0 Å². The van der Waals surface area contributed by atoms with Crippen molar-refractivity contribution < 1.29 is 4.74 Å². The number of nitrogens with one attached hydrogen (secondary N) is 1. The van der Waals surface area contributed by atoms with Crippen molar-refractivity contribution in [2.75, 3.05) is 33.4 Å². The molecule has 1 aliphatic carbocycles. The van der Waals surface area contributed by atoms with Crippen LogP contribution in [0.4, 0.5) is 0 Å². The van der Waals surface area contributed by atoms with Crippen LogP contribution in [-0.4, -0.2) is 49.8 Å². The Morgan fingerprint density at radius 2 is 2.06 bits per heavy atom. The first-order valence-corrected chi connectivity index (χ1v) is 6.74. The van der Waals surface area contributed by atoms with Gasteiger partial charge in [0.2, 0.25) is 0 Å². The van der Waals surface area contributed by atoms with Gasteiger partial charge in [0.1, 0.15) is 0 Å². The lowest BCUT2D eigenvalue weighted by atomic mass is 9.80. The summed E-state index contributed by atoms with van der Waals surface area (Å²) in [4.78, 5) is 2.60. The smallest absolute Gasteiger partial charge is 0.0615 e. The van der Waals surface area contributed by atoms with Gasteiger partial charge in [0.25, 0.3) is 0 Å². The summed E-state index contributed by atoms with van der Waals surface area (Å²) in [6, 6.07) is 0.561. The van der Waals surface area contributed by atoms with E-state index in [4.69, 9.17) is 4.74 Å². The Morgan fingerprint density at radius 3 is 2.75 bits per heavy atom. The summed E-state index contributed by atoms with van der Waals surface area (Å²) in [5.41, 5.74) is 0.429. The zero-order valence-electron chi connectivity index (χ0n) is 10.8. The molecule has 3 nitrogen and oxygen atoms in total. The molecule has 2 rings (SSSR count). The number of rotatable bonds is 3. The fraction of sp³-hybridized carbons (Fsp3) is 1.00. The van der Waals surface area contributed by atoms with Gasteiger partial charge in [0.15, 0.2) is 0 Å². The molecule has 1 spiro atoms. The van der Waals surface area contributed by atoms with Gasteiger partial charge >= 0.3 is 0 Å². The number of nitrogens with zero attached hydrogens (tertiary/aromatic N) is 1. The lowest BCUT2D eigenvalue weighted by molar-refractivity contribution is 0.0389. The Bertz CT molecular complexity index is 208. The summed E-state index contributed by atoms with van der Waals surface area (Å²) in [5, 5.41) is 3.78. The average Bonchev–Trinajstić information content (AvgIpc) is 2.30. The largest absolute Gasteiger partial charge is 0.383 e. The van der Waals surface area contributed by atoms with Crippen LogP contribution >= 0.6 is 0 Å². The number of methoxy groups -OCH3 is 1. The van der Waals surface area contributed by atoms with Gasteiger partial charge in [0.05, 0.1) is 6.61 Å². The molecule has 1 atom stereocenters. The highest BCUT2D eigenvalue weighted by atomic mass is 16.5. The minimum absolute atomic E-state index is 0.429. The Morgan fingerprint density at radius 1 is 1.31 bits per heavy atom. The van der Waals surface area contributed by atoms with Gasteiger partial charge in [-0.05, 0) is 19.8 Å². The van der Waals surface area contributed by atoms with E-state index in [-0.39, 0.29) is 0 Å². The zero-order chi connectivity index (χ0) is 11.4. The molecule has 2 aliphatic rings. The van der Waals surface area contributed by atoms with Crippen LogP contribution in [0.3, 0.4) is 0 Å². The minimum atomic E-state index is 0.429. The molecule has 0 bridgehead atoms. The van der Waals surface area contributed by atoms with Gasteiger partial charge in [-0.25, -0.2) is 0 Å². The van der Waals surface area contributed by atoms with Crippen molar-refractivity contribution in [1.82, 2.24) is 10.2 Å². The summed E-state index contributed by atoms with van der Waals surface area (Å²) in [6.45, 7) is 6.68. The normalized spacial score (nSPS) is 28.1. The van der Waals surface area contributed by atoms with E-state index in [9.17, 15) is 0 Å². The zero-order valence-corrected chi connectivity index (χ0v) is 10.8. The fourth-order valence-electron chi connectivity index (χ4n) is 3.27. The van der Waals surface area contributed by atoms with Crippen molar-refractivity contribution in [3.05, 3.63) is 0 Å². The first-order chi connectivity index (χ1) is 7.76. The van der Waals surface area contributed by atoms with Crippen molar-refractivity contribution in [1.29, 1.82) is 0 Å². The van der Waals surface area contributed by atoms with Crippen LogP contribution in [0.15, 0.2) is 0 Å². The monoisotopic (exact) mass is 226 g/mol. The SMILES string of the molecule is COCC(C)N1CCNC2(CCCCC2)C1. The first-order valence-electron chi connectivity index (χ1n) is 6.74. The van der Waals surface area contributed by atoms with Crippen LogP contribution in [0.5, 0.6) is 0 Å². The van der Waals surface area contributed by atoms with E-state index in [1.807, 2.05) is 0 Å². The summed E-state index contributed by atoms with van der Waals surface area (Å²) in [6.07, 6.45) is 6.96. The molecular formula is C13H26N2O. The van der Waals surface area contributed by atoms with Crippen LogP contribution in [0.1, 0.15) is 39.0 Å². The summed E-state index contributed by atoms with van der Waals surface area (Å²) in [7, 11) is 1.80. The highest BCUT2D eigenvalue weighted by Gasteiger charge is 2.37. The molecule has 3 heteroatoms. The average molecular weight is 226 g/mol. The van der Waals surface area contributed by atoms with E-state index in [1.54, 1.807) is 7.11 Å². The van der Waals surface area contributed by atoms with Crippen LogP contribution in [-0.2, 0) is 4.74 Å². The Hall–Kier alpha value is -0.120. The number of piperazine rings is 1. The van der Waals surface area contributed by atoms with Gasteiger partial charge in [-0.15, -0.1) is 0 Å². The third-order valence-electron chi connectivity index (χ3n) is 4.25. The van der Waals surface area contributed by atoms with E-state index in [0.29, 0.717) is 11.6 Å². The van der Waals surface area contributed by atoms with Gasteiger partial charge in [-0.2, -0.15) is 0 Å². The number of hydrogen-bond donors (Lipinski definition) is 1. The standard InChI is InChI=1S/C13H26N2O/c1-12(10-16-2)15-9-8-14-13(11-15)6-4-3-5-7-13/h12,14H,3-11H2,1-2H3. The summed E-state index contributed by atoms with van der Waals surface area (Å²) < 4.78 is 5.27. The molecular weight excluding hydrogens is 200 g/mol. The van der Waals surface area contributed by atoms with Crippen LogP contribution in [0.2, 0.25) is 0 Å². The third-order valence-corrected chi connectivity index (χ3v) is 4.25. The maximum atomic E-state index is 5.27. The molecule has 1 saturated heterocycles. The predicted molar refractivity (Wildman–Crippen MR) is 66.7 cm³/mol. The van der Waals surface area contributed by atoms with Gasteiger partial charge in [-0.1, -0.05) is 19.3 Å². The second-order valence-electron chi connectivity index (χ2n) is 5.54. The molecule has 0 aromatic rings. The van der Waals surface area contributed by atoms with Crippen molar-refractivity contribution in [2.45, 2.75) is 50.6 Å². The Kier molecular flexibility index (Phi) is 4.22. The molecule has 2 fully saturated rings. The van der Waals surface area contributed by atoms with E-state index < -0.39 is 0 Å². The molecule has 1 aliphatic heterocycles. The molecule has 94 valence electrons. The van der Waals surface area contributed by atoms with Gasteiger partial charge in [0, 0.05) is 38.3 Å². The second-order valence-corrected chi connectivity index (χ2v) is 5.54.